The minimum atomic E-state index is -0.288. The summed E-state index contributed by atoms with van der Waals surface area (Å²) in [5.41, 5.74) is 3.62. The molecule has 0 saturated carbocycles. The Morgan fingerprint density at radius 1 is 1.56 bits per heavy atom. The first kappa shape index (κ1) is 11.1. The number of nitrogens with one attached hydrogen (secondary N) is 1. The first-order chi connectivity index (χ1) is 7.74. The van der Waals surface area contributed by atoms with Crippen LogP contribution in [0.25, 0.3) is 0 Å². The molecule has 1 unspecified atom stereocenters. The molecular weight excluding hydrogens is 202 g/mol. The number of benzene rings is 1. The van der Waals surface area contributed by atoms with Gasteiger partial charge in [0, 0.05) is 6.54 Å². The van der Waals surface area contributed by atoms with Crippen molar-refractivity contribution < 1.29 is 9.53 Å². The van der Waals surface area contributed by atoms with Crippen LogP contribution in [0.1, 0.15) is 29.7 Å². The normalized spacial score (nSPS) is 19.0. The molecule has 3 nitrogen and oxygen atoms in total. The Morgan fingerprint density at radius 3 is 3.12 bits per heavy atom. The van der Waals surface area contributed by atoms with Crippen molar-refractivity contribution in [3.05, 3.63) is 34.9 Å². The fourth-order valence-corrected chi connectivity index (χ4v) is 2.22. The highest BCUT2D eigenvalue weighted by Gasteiger charge is 2.27. The summed E-state index contributed by atoms with van der Waals surface area (Å²) in [6.07, 6.45) is 0.984. The molecule has 86 valence electrons. The zero-order valence-electron chi connectivity index (χ0n) is 9.75. The molecule has 1 aromatic carbocycles. The van der Waals surface area contributed by atoms with E-state index in [1.54, 1.807) is 0 Å². The number of hydrogen-bond donors (Lipinski definition) is 1. The predicted molar refractivity (Wildman–Crippen MR) is 62.3 cm³/mol. The second-order valence-electron chi connectivity index (χ2n) is 4.03. The van der Waals surface area contributed by atoms with Crippen molar-refractivity contribution in [3.63, 3.8) is 0 Å². The van der Waals surface area contributed by atoms with E-state index in [0.29, 0.717) is 6.61 Å². The first-order valence-corrected chi connectivity index (χ1v) is 5.72. The molecule has 1 aliphatic rings. The van der Waals surface area contributed by atoms with Crippen molar-refractivity contribution in [2.24, 2.45) is 0 Å². The standard InChI is InChI=1S/C13H17NO2/c1-3-16-13(15)12-11-6-4-5-9(2)10(11)7-8-14-12/h4-6,12,14H,3,7-8H2,1-2H3. The molecule has 0 aliphatic carbocycles. The molecule has 0 spiro atoms. The lowest BCUT2D eigenvalue weighted by molar-refractivity contribution is -0.146. The van der Waals surface area contributed by atoms with Gasteiger partial charge in [0.1, 0.15) is 6.04 Å². The monoisotopic (exact) mass is 219 g/mol. The summed E-state index contributed by atoms with van der Waals surface area (Å²) in [6, 6.07) is 5.80. The van der Waals surface area contributed by atoms with Crippen molar-refractivity contribution in [3.8, 4) is 0 Å². The highest BCUT2D eigenvalue weighted by atomic mass is 16.5. The summed E-state index contributed by atoms with van der Waals surface area (Å²) in [5, 5.41) is 3.21. The lowest BCUT2D eigenvalue weighted by Crippen LogP contribution is -2.36. The molecule has 0 fully saturated rings. The Bertz CT molecular complexity index is 401. The molecule has 0 bridgehead atoms. The van der Waals surface area contributed by atoms with Crippen LogP contribution in [-0.2, 0) is 16.0 Å². The van der Waals surface area contributed by atoms with E-state index in [4.69, 9.17) is 4.74 Å². The summed E-state index contributed by atoms with van der Waals surface area (Å²) in [7, 11) is 0. The van der Waals surface area contributed by atoms with Crippen LogP contribution in [0, 0.1) is 6.92 Å². The Labute approximate surface area is 95.8 Å². The number of rotatable bonds is 2. The number of carbonyl (C=O) groups excluding carboxylic acids is 1. The highest BCUT2D eigenvalue weighted by molar-refractivity contribution is 5.78. The van der Waals surface area contributed by atoms with Crippen LogP contribution in [0.4, 0.5) is 0 Å². The van der Waals surface area contributed by atoms with E-state index in [0.717, 1.165) is 18.5 Å². The number of carbonyl (C=O) groups is 1. The lowest BCUT2D eigenvalue weighted by Gasteiger charge is -2.26. The third-order valence-electron chi connectivity index (χ3n) is 3.00. The second-order valence-corrected chi connectivity index (χ2v) is 4.03. The minimum absolute atomic E-state index is 0.172. The van der Waals surface area contributed by atoms with Crippen LogP contribution in [0.2, 0.25) is 0 Å². The number of fused-ring (bicyclic) bond motifs is 1. The van der Waals surface area contributed by atoms with Gasteiger partial charge in [-0.05, 0) is 37.0 Å². The maximum absolute atomic E-state index is 11.8. The SMILES string of the molecule is CCOC(=O)C1NCCc2c(C)cccc21. The Kier molecular flexibility index (Phi) is 3.25. The molecule has 2 rings (SSSR count). The van der Waals surface area contributed by atoms with Crippen molar-refractivity contribution in [1.29, 1.82) is 0 Å². The largest absolute Gasteiger partial charge is 0.465 e. The van der Waals surface area contributed by atoms with Gasteiger partial charge in [-0.15, -0.1) is 0 Å². The minimum Gasteiger partial charge on any atom is -0.465 e. The third-order valence-corrected chi connectivity index (χ3v) is 3.00. The van der Waals surface area contributed by atoms with E-state index < -0.39 is 0 Å². The third kappa shape index (κ3) is 1.95. The van der Waals surface area contributed by atoms with E-state index in [-0.39, 0.29) is 12.0 Å². The fourth-order valence-electron chi connectivity index (χ4n) is 2.22. The summed E-state index contributed by atoms with van der Waals surface area (Å²) in [4.78, 5) is 11.8. The summed E-state index contributed by atoms with van der Waals surface area (Å²) < 4.78 is 5.08. The quantitative estimate of drug-likeness (QED) is 0.770. The van der Waals surface area contributed by atoms with Gasteiger partial charge in [0.25, 0.3) is 0 Å². The maximum Gasteiger partial charge on any atom is 0.327 e. The molecule has 1 aliphatic heterocycles. The van der Waals surface area contributed by atoms with E-state index >= 15 is 0 Å². The fraction of sp³-hybridized carbons (Fsp3) is 0.462. The molecule has 3 heteroatoms. The molecule has 0 aromatic heterocycles. The Hall–Kier alpha value is -1.35. The topological polar surface area (TPSA) is 38.3 Å². The molecule has 16 heavy (non-hydrogen) atoms. The van der Waals surface area contributed by atoms with E-state index in [2.05, 4.69) is 18.3 Å². The van der Waals surface area contributed by atoms with Crippen molar-refractivity contribution in [1.82, 2.24) is 5.32 Å². The van der Waals surface area contributed by atoms with Crippen molar-refractivity contribution >= 4 is 5.97 Å². The van der Waals surface area contributed by atoms with Gasteiger partial charge in [-0.3, -0.25) is 0 Å². The van der Waals surface area contributed by atoms with Gasteiger partial charge in [0.15, 0.2) is 0 Å². The van der Waals surface area contributed by atoms with Gasteiger partial charge in [0.2, 0.25) is 0 Å². The predicted octanol–water partition coefficient (Wildman–Crippen LogP) is 1.74. The Morgan fingerprint density at radius 2 is 2.38 bits per heavy atom. The van der Waals surface area contributed by atoms with Crippen LogP contribution in [0.5, 0.6) is 0 Å². The molecule has 0 amide bonds. The average Bonchev–Trinajstić information content (AvgIpc) is 2.29. The Balaban J connectivity index is 2.33. The molecule has 1 aromatic rings. The summed E-state index contributed by atoms with van der Waals surface area (Å²) >= 11 is 0. The van der Waals surface area contributed by atoms with Gasteiger partial charge in [-0.2, -0.15) is 0 Å². The van der Waals surface area contributed by atoms with E-state index in [1.165, 1.54) is 11.1 Å². The zero-order valence-corrected chi connectivity index (χ0v) is 9.75. The zero-order chi connectivity index (χ0) is 11.5. The molecule has 0 radical (unpaired) electrons. The van der Waals surface area contributed by atoms with Crippen molar-refractivity contribution in [2.75, 3.05) is 13.2 Å². The summed E-state index contributed by atoms with van der Waals surface area (Å²) in [5.74, 6) is -0.172. The van der Waals surface area contributed by atoms with Gasteiger partial charge >= 0.3 is 5.97 Å². The number of esters is 1. The smallest absolute Gasteiger partial charge is 0.327 e. The summed E-state index contributed by atoms with van der Waals surface area (Å²) in [6.45, 7) is 5.18. The van der Waals surface area contributed by atoms with Gasteiger partial charge in [-0.25, -0.2) is 4.79 Å². The van der Waals surface area contributed by atoms with Gasteiger partial charge in [-0.1, -0.05) is 18.2 Å². The maximum atomic E-state index is 11.8. The number of hydrogen-bond acceptors (Lipinski definition) is 3. The molecule has 1 heterocycles. The molecule has 1 atom stereocenters. The molecule has 1 N–H and O–H groups in total. The van der Waals surface area contributed by atoms with Crippen molar-refractivity contribution in [2.45, 2.75) is 26.3 Å². The second kappa shape index (κ2) is 4.66. The average molecular weight is 219 g/mol. The van der Waals surface area contributed by atoms with Gasteiger partial charge in [0.05, 0.1) is 6.61 Å². The van der Waals surface area contributed by atoms with Crippen LogP contribution >= 0.6 is 0 Å². The first-order valence-electron chi connectivity index (χ1n) is 5.72. The van der Waals surface area contributed by atoms with Gasteiger partial charge < -0.3 is 10.1 Å². The number of aryl methyl sites for hydroxylation is 1. The van der Waals surface area contributed by atoms with Crippen LogP contribution < -0.4 is 5.32 Å². The highest BCUT2D eigenvalue weighted by Crippen LogP contribution is 2.26. The van der Waals surface area contributed by atoms with E-state index in [1.807, 2.05) is 19.1 Å². The molecule has 0 saturated heterocycles. The van der Waals surface area contributed by atoms with Crippen LogP contribution in [-0.4, -0.2) is 19.1 Å². The van der Waals surface area contributed by atoms with Crippen LogP contribution in [0.15, 0.2) is 18.2 Å². The lowest BCUT2D eigenvalue weighted by atomic mass is 9.91. The molecular formula is C13H17NO2. The number of ether oxygens (including phenoxy) is 1. The van der Waals surface area contributed by atoms with Crippen LogP contribution in [0.3, 0.4) is 0 Å². The van der Waals surface area contributed by atoms with E-state index in [9.17, 15) is 4.79 Å².